The Hall–Kier alpha value is -0.620. The topological polar surface area (TPSA) is 66.5 Å². The second-order valence-electron chi connectivity index (χ2n) is 4.44. The molecule has 6 heteroatoms. The number of nitrogens with one attached hydrogen (secondary N) is 1. The number of carbonyl (C=O) groups excluding carboxylic acids is 1. The van der Waals surface area contributed by atoms with Gasteiger partial charge >= 0.3 is 0 Å². The summed E-state index contributed by atoms with van der Waals surface area (Å²) in [5.74, 6) is 0.0486. The molecule has 0 aliphatic rings. The fraction of sp³-hybridized carbons (Fsp3) is 0.909. The molecule has 0 aliphatic carbocycles. The van der Waals surface area contributed by atoms with E-state index in [9.17, 15) is 13.2 Å². The highest BCUT2D eigenvalue weighted by Crippen LogP contribution is 1.99. The molecule has 0 spiro atoms. The minimum Gasteiger partial charge on any atom is -0.345 e. The van der Waals surface area contributed by atoms with Crippen LogP contribution in [0.2, 0.25) is 0 Å². The van der Waals surface area contributed by atoms with Gasteiger partial charge in [-0.25, -0.2) is 8.42 Å². The van der Waals surface area contributed by atoms with E-state index in [-0.39, 0.29) is 23.0 Å². The molecule has 0 radical (unpaired) electrons. The molecular weight excluding hydrogens is 240 g/mol. The van der Waals surface area contributed by atoms with Crippen LogP contribution in [0, 0.1) is 0 Å². The van der Waals surface area contributed by atoms with E-state index in [4.69, 9.17) is 0 Å². The van der Waals surface area contributed by atoms with Crippen LogP contribution in [-0.2, 0) is 14.6 Å². The smallest absolute Gasteiger partial charge is 0.239 e. The van der Waals surface area contributed by atoms with Crippen LogP contribution in [-0.4, -0.2) is 56.4 Å². The predicted octanol–water partition coefficient (Wildman–Crippen LogP) is 0.266. The molecular formula is C11H24N2O3S. The molecule has 1 atom stereocenters. The molecule has 0 heterocycles. The lowest BCUT2D eigenvalue weighted by molar-refractivity contribution is -0.131. The van der Waals surface area contributed by atoms with Gasteiger partial charge in [0.1, 0.15) is 0 Å². The van der Waals surface area contributed by atoms with Crippen LogP contribution in [0.5, 0.6) is 0 Å². The third-order valence-corrected chi connectivity index (χ3v) is 4.99. The maximum absolute atomic E-state index is 11.7. The molecule has 1 amide bonds. The lowest BCUT2D eigenvalue weighted by atomic mass is 10.3. The van der Waals surface area contributed by atoms with E-state index in [1.54, 1.807) is 32.7 Å². The van der Waals surface area contributed by atoms with E-state index in [0.29, 0.717) is 13.1 Å². The van der Waals surface area contributed by atoms with Crippen LogP contribution in [0.15, 0.2) is 0 Å². The summed E-state index contributed by atoms with van der Waals surface area (Å²) in [6, 6.07) is -0.345. The number of nitrogens with zero attached hydrogens (tertiary/aromatic N) is 1. The summed E-state index contributed by atoms with van der Waals surface area (Å²) in [4.78, 5) is 13.3. The van der Waals surface area contributed by atoms with Gasteiger partial charge in [0.05, 0.1) is 17.0 Å². The average molecular weight is 264 g/mol. The van der Waals surface area contributed by atoms with E-state index in [1.807, 2.05) is 6.92 Å². The Morgan fingerprint density at radius 2 is 1.82 bits per heavy atom. The second kappa shape index (κ2) is 6.96. The molecule has 0 aromatic heterocycles. The van der Waals surface area contributed by atoms with E-state index < -0.39 is 9.84 Å². The van der Waals surface area contributed by atoms with Gasteiger partial charge in [-0.1, -0.05) is 0 Å². The quantitative estimate of drug-likeness (QED) is 0.716. The number of sulfone groups is 1. The Morgan fingerprint density at radius 3 is 2.24 bits per heavy atom. The number of likely N-dealkylation sites (N-methyl/N-ethyl adjacent to an activating group) is 1. The lowest BCUT2D eigenvalue weighted by Crippen LogP contribution is -2.44. The number of rotatable bonds is 7. The standard InChI is InChI=1S/C11H24N2O3S/c1-6-13(5)11(14)10(4)12-7-8-17(15,16)9(2)3/h9-10,12H,6-8H2,1-5H3. The SMILES string of the molecule is CCN(C)C(=O)C(C)NCCS(=O)(=O)C(C)C. The van der Waals surface area contributed by atoms with Crippen molar-refractivity contribution in [1.82, 2.24) is 10.2 Å². The van der Waals surface area contributed by atoms with Gasteiger partial charge in [0.2, 0.25) is 5.91 Å². The van der Waals surface area contributed by atoms with Crippen molar-refractivity contribution in [3.63, 3.8) is 0 Å². The Kier molecular flexibility index (Phi) is 6.70. The third-order valence-electron chi connectivity index (χ3n) is 2.78. The molecule has 1 N–H and O–H groups in total. The van der Waals surface area contributed by atoms with Crippen molar-refractivity contribution in [2.75, 3.05) is 25.9 Å². The summed E-state index contributed by atoms with van der Waals surface area (Å²) in [7, 11) is -1.31. The normalized spacial score (nSPS) is 13.8. The number of hydrogen-bond donors (Lipinski definition) is 1. The summed E-state index contributed by atoms with van der Waals surface area (Å²) >= 11 is 0. The summed E-state index contributed by atoms with van der Waals surface area (Å²) in [5, 5.41) is 2.57. The summed E-state index contributed by atoms with van der Waals surface area (Å²) in [5.41, 5.74) is 0. The molecule has 0 rings (SSSR count). The number of amides is 1. The molecule has 0 saturated carbocycles. The first kappa shape index (κ1) is 16.4. The van der Waals surface area contributed by atoms with E-state index in [2.05, 4.69) is 5.32 Å². The van der Waals surface area contributed by atoms with Gasteiger partial charge < -0.3 is 10.2 Å². The minimum atomic E-state index is -3.03. The van der Waals surface area contributed by atoms with Crippen LogP contribution in [0.25, 0.3) is 0 Å². The third kappa shape index (κ3) is 5.50. The summed E-state index contributed by atoms with van der Waals surface area (Å²) < 4.78 is 23.1. The van der Waals surface area contributed by atoms with Crippen molar-refractivity contribution < 1.29 is 13.2 Å². The molecule has 0 aromatic rings. The average Bonchev–Trinajstić information content (AvgIpc) is 2.26. The molecule has 5 nitrogen and oxygen atoms in total. The van der Waals surface area contributed by atoms with Crippen molar-refractivity contribution in [1.29, 1.82) is 0 Å². The second-order valence-corrected chi connectivity index (χ2v) is 7.12. The van der Waals surface area contributed by atoms with Crippen LogP contribution in [0.4, 0.5) is 0 Å². The highest BCUT2D eigenvalue weighted by atomic mass is 32.2. The maximum Gasteiger partial charge on any atom is 0.239 e. The zero-order valence-electron chi connectivity index (χ0n) is 11.4. The molecule has 0 bridgehead atoms. The van der Waals surface area contributed by atoms with Crippen LogP contribution < -0.4 is 5.32 Å². The van der Waals surface area contributed by atoms with E-state index in [0.717, 1.165) is 0 Å². The fourth-order valence-electron chi connectivity index (χ4n) is 1.23. The Balaban J connectivity index is 4.11. The molecule has 0 fully saturated rings. The summed E-state index contributed by atoms with van der Waals surface area (Å²) in [6.45, 7) is 7.92. The molecule has 0 saturated heterocycles. The molecule has 1 unspecified atom stereocenters. The minimum absolute atomic E-state index is 0.0190. The maximum atomic E-state index is 11.7. The summed E-state index contributed by atoms with van der Waals surface area (Å²) in [6.07, 6.45) is 0. The largest absolute Gasteiger partial charge is 0.345 e. The highest BCUT2D eigenvalue weighted by Gasteiger charge is 2.19. The molecule has 0 aromatic carbocycles. The molecule has 0 aliphatic heterocycles. The highest BCUT2D eigenvalue weighted by molar-refractivity contribution is 7.92. The van der Waals surface area contributed by atoms with Crippen LogP contribution >= 0.6 is 0 Å². The molecule has 102 valence electrons. The van der Waals surface area contributed by atoms with Crippen molar-refractivity contribution in [3.05, 3.63) is 0 Å². The van der Waals surface area contributed by atoms with Crippen molar-refractivity contribution >= 4 is 15.7 Å². The van der Waals surface area contributed by atoms with E-state index in [1.165, 1.54) is 0 Å². The predicted molar refractivity (Wildman–Crippen MR) is 69.7 cm³/mol. The first-order valence-corrected chi connectivity index (χ1v) is 7.63. The first-order valence-electron chi connectivity index (χ1n) is 5.92. The Morgan fingerprint density at radius 1 is 1.29 bits per heavy atom. The van der Waals surface area contributed by atoms with E-state index >= 15 is 0 Å². The van der Waals surface area contributed by atoms with Gasteiger partial charge in [0.25, 0.3) is 0 Å². The Labute approximate surface area is 104 Å². The van der Waals surface area contributed by atoms with Crippen molar-refractivity contribution in [3.8, 4) is 0 Å². The van der Waals surface area contributed by atoms with Crippen molar-refractivity contribution in [2.45, 2.75) is 39.0 Å². The number of carbonyl (C=O) groups is 1. The zero-order valence-corrected chi connectivity index (χ0v) is 12.2. The van der Waals surface area contributed by atoms with Crippen LogP contribution in [0.3, 0.4) is 0 Å². The van der Waals surface area contributed by atoms with Gasteiger partial charge in [-0.15, -0.1) is 0 Å². The van der Waals surface area contributed by atoms with Crippen LogP contribution in [0.1, 0.15) is 27.7 Å². The van der Waals surface area contributed by atoms with Gasteiger partial charge in [-0.2, -0.15) is 0 Å². The van der Waals surface area contributed by atoms with Gasteiger partial charge in [-0.05, 0) is 27.7 Å². The zero-order chi connectivity index (χ0) is 13.6. The van der Waals surface area contributed by atoms with Gasteiger partial charge in [-0.3, -0.25) is 4.79 Å². The van der Waals surface area contributed by atoms with Crippen molar-refractivity contribution in [2.24, 2.45) is 0 Å². The van der Waals surface area contributed by atoms with Gasteiger partial charge in [0, 0.05) is 20.1 Å². The first-order chi connectivity index (χ1) is 7.72. The molecule has 17 heavy (non-hydrogen) atoms. The number of hydrogen-bond acceptors (Lipinski definition) is 4. The fourth-order valence-corrected chi connectivity index (χ4v) is 2.10. The Bertz CT molecular complexity index is 339. The monoisotopic (exact) mass is 264 g/mol. The lowest BCUT2D eigenvalue weighted by Gasteiger charge is -2.20. The van der Waals surface area contributed by atoms with Gasteiger partial charge in [0.15, 0.2) is 9.84 Å².